The summed E-state index contributed by atoms with van der Waals surface area (Å²) in [6.45, 7) is 4.32. The molecule has 2 aliphatic heterocycles. The zero-order chi connectivity index (χ0) is 22.1. The van der Waals surface area contributed by atoms with E-state index in [1.165, 1.54) is 16.1 Å². The Balaban J connectivity index is 1.60. The second-order valence-electron chi connectivity index (χ2n) is 7.41. The Morgan fingerprint density at radius 1 is 1.29 bits per heavy atom. The van der Waals surface area contributed by atoms with Gasteiger partial charge in [-0.25, -0.2) is 4.79 Å². The van der Waals surface area contributed by atoms with Crippen LogP contribution in [0, 0.1) is 0 Å². The lowest BCUT2D eigenvalue weighted by molar-refractivity contribution is -0.135. The lowest BCUT2D eigenvalue weighted by atomic mass is 9.95. The maximum absolute atomic E-state index is 13.4. The van der Waals surface area contributed by atoms with Crippen molar-refractivity contribution in [1.29, 1.82) is 0 Å². The van der Waals surface area contributed by atoms with E-state index < -0.39 is 12.1 Å². The van der Waals surface area contributed by atoms with Gasteiger partial charge in [-0.2, -0.15) is 0 Å². The quantitative estimate of drug-likeness (QED) is 0.719. The van der Waals surface area contributed by atoms with Gasteiger partial charge in [-0.3, -0.25) is 14.5 Å². The Labute approximate surface area is 184 Å². The predicted molar refractivity (Wildman–Crippen MR) is 114 cm³/mol. The number of urea groups is 1. The molecule has 9 heteroatoms. The molecule has 2 aliphatic rings. The summed E-state index contributed by atoms with van der Waals surface area (Å²) in [6.07, 6.45) is 1.53. The molecule has 2 N–H and O–H groups in total. The first kappa shape index (κ1) is 21.0. The van der Waals surface area contributed by atoms with E-state index in [0.717, 1.165) is 0 Å². The zero-order valence-corrected chi connectivity index (χ0v) is 18.0. The van der Waals surface area contributed by atoms with Crippen molar-refractivity contribution in [3.63, 3.8) is 0 Å². The number of nitrogens with one attached hydrogen (secondary N) is 2. The van der Waals surface area contributed by atoms with Crippen LogP contribution in [0.2, 0.25) is 5.02 Å². The molecule has 3 heterocycles. The summed E-state index contributed by atoms with van der Waals surface area (Å²) < 4.78 is 5.23. The fraction of sp³-hybridized carbons (Fsp3) is 0.318. The second-order valence-corrected chi connectivity index (χ2v) is 7.82. The molecule has 2 aromatic rings. The highest BCUT2D eigenvalue weighted by atomic mass is 35.5. The van der Waals surface area contributed by atoms with Crippen molar-refractivity contribution in [2.24, 2.45) is 0 Å². The molecular formula is C22H23ClN4O4. The molecule has 0 fully saturated rings. The van der Waals surface area contributed by atoms with E-state index in [1.807, 2.05) is 13.0 Å². The minimum atomic E-state index is -0.728. The number of hydrogen-bond donors (Lipinski definition) is 2. The maximum atomic E-state index is 13.4. The summed E-state index contributed by atoms with van der Waals surface area (Å²) in [7, 11) is 0. The summed E-state index contributed by atoms with van der Waals surface area (Å²) in [4.78, 5) is 41.9. The summed E-state index contributed by atoms with van der Waals surface area (Å²) in [6, 6.07) is 8.91. The molecular weight excluding hydrogens is 420 g/mol. The second kappa shape index (κ2) is 8.47. The van der Waals surface area contributed by atoms with E-state index in [1.54, 1.807) is 37.3 Å². The number of carbonyl (C=O) groups excluding carboxylic acids is 3. The van der Waals surface area contributed by atoms with Crippen molar-refractivity contribution in [1.82, 2.24) is 20.4 Å². The lowest BCUT2D eigenvalue weighted by Gasteiger charge is -2.33. The van der Waals surface area contributed by atoms with Crippen LogP contribution in [0.3, 0.4) is 0 Å². The summed E-state index contributed by atoms with van der Waals surface area (Å²) in [5.41, 5.74) is 1.69. The van der Waals surface area contributed by atoms with E-state index in [9.17, 15) is 14.4 Å². The summed E-state index contributed by atoms with van der Waals surface area (Å²) in [5, 5.41) is 6.14. The van der Waals surface area contributed by atoms with Gasteiger partial charge >= 0.3 is 6.03 Å². The fourth-order valence-electron chi connectivity index (χ4n) is 3.98. The van der Waals surface area contributed by atoms with E-state index in [4.69, 9.17) is 16.0 Å². The van der Waals surface area contributed by atoms with Gasteiger partial charge in [0.25, 0.3) is 5.91 Å². The van der Waals surface area contributed by atoms with Crippen LogP contribution in [0.25, 0.3) is 0 Å². The molecule has 1 aromatic carbocycles. The van der Waals surface area contributed by atoms with Gasteiger partial charge in [-0.05, 0) is 37.6 Å². The van der Waals surface area contributed by atoms with Crippen LogP contribution in [0.1, 0.15) is 31.2 Å². The van der Waals surface area contributed by atoms with Gasteiger partial charge in [-0.15, -0.1) is 0 Å². The van der Waals surface area contributed by atoms with Gasteiger partial charge in [0.15, 0.2) is 0 Å². The molecule has 4 amide bonds. The van der Waals surface area contributed by atoms with Crippen molar-refractivity contribution in [2.75, 3.05) is 13.1 Å². The first-order valence-corrected chi connectivity index (χ1v) is 10.5. The molecule has 0 radical (unpaired) electrons. The molecule has 0 spiro atoms. The molecule has 31 heavy (non-hydrogen) atoms. The van der Waals surface area contributed by atoms with Crippen molar-refractivity contribution in [3.05, 3.63) is 70.3 Å². The smallest absolute Gasteiger partial charge is 0.322 e. The third-order valence-corrected chi connectivity index (χ3v) is 5.99. The van der Waals surface area contributed by atoms with Crippen LogP contribution in [-0.2, 0) is 16.1 Å². The third kappa shape index (κ3) is 3.79. The van der Waals surface area contributed by atoms with Crippen LogP contribution >= 0.6 is 11.6 Å². The molecule has 0 saturated heterocycles. The van der Waals surface area contributed by atoms with Gasteiger partial charge in [0.2, 0.25) is 5.91 Å². The molecule has 0 saturated carbocycles. The number of furan rings is 1. The van der Waals surface area contributed by atoms with Crippen LogP contribution in [0.5, 0.6) is 0 Å². The van der Waals surface area contributed by atoms with Gasteiger partial charge in [0, 0.05) is 11.6 Å². The van der Waals surface area contributed by atoms with Crippen LogP contribution in [-0.4, -0.2) is 46.8 Å². The van der Waals surface area contributed by atoms with E-state index in [2.05, 4.69) is 10.6 Å². The monoisotopic (exact) mass is 442 g/mol. The van der Waals surface area contributed by atoms with Crippen molar-refractivity contribution in [3.8, 4) is 0 Å². The molecule has 162 valence electrons. The largest absolute Gasteiger partial charge is 0.467 e. The number of rotatable bonds is 6. The van der Waals surface area contributed by atoms with Gasteiger partial charge in [-0.1, -0.05) is 29.8 Å². The molecule has 4 rings (SSSR count). The summed E-state index contributed by atoms with van der Waals surface area (Å²) >= 11 is 6.37. The highest BCUT2D eigenvalue weighted by Gasteiger charge is 2.46. The van der Waals surface area contributed by atoms with Crippen LogP contribution in [0.4, 0.5) is 4.79 Å². The Morgan fingerprint density at radius 3 is 2.74 bits per heavy atom. The number of amides is 4. The van der Waals surface area contributed by atoms with Gasteiger partial charge < -0.3 is 20.0 Å². The topological polar surface area (TPSA) is 94.9 Å². The van der Waals surface area contributed by atoms with Gasteiger partial charge in [0.1, 0.15) is 11.8 Å². The van der Waals surface area contributed by atoms with Crippen LogP contribution < -0.4 is 10.6 Å². The van der Waals surface area contributed by atoms with Crippen LogP contribution in [0.15, 0.2) is 58.3 Å². The van der Waals surface area contributed by atoms with Crippen molar-refractivity contribution in [2.45, 2.75) is 32.5 Å². The highest BCUT2D eigenvalue weighted by molar-refractivity contribution is 6.31. The molecule has 8 nitrogen and oxygen atoms in total. The average molecular weight is 443 g/mol. The number of likely N-dealkylation sites (N-methyl/N-ethyl adjacent to an activating group) is 1. The average Bonchev–Trinajstić information content (AvgIpc) is 3.39. The number of benzene rings is 1. The fourth-order valence-corrected chi connectivity index (χ4v) is 4.22. The Hall–Kier alpha value is -3.26. The Morgan fingerprint density at radius 2 is 2.06 bits per heavy atom. The minimum absolute atomic E-state index is 0.172. The molecule has 0 aliphatic carbocycles. The first-order chi connectivity index (χ1) is 14.9. The lowest BCUT2D eigenvalue weighted by Crippen LogP contribution is -2.47. The van der Waals surface area contributed by atoms with Gasteiger partial charge in [0.05, 0.1) is 36.7 Å². The highest BCUT2D eigenvalue weighted by Crippen LogP contribution is 2.38. The van der Waals surface area contributed by atoms with E-state index in [-0.39, 0.29) is 30.9 Å². The number of hydrogen-bond acceptors (Lipinski definition) is 4. The van der Waals surface area contributed by atoms with Crippen molar-refractivity contribution < 1.29 is 18.8 Å². The van der Waals surface area contributed by atoms with Crippen molar-refractivity contribution >= 4 is 29.4 Å². The van der Waals surface area contributed by atoms with E-state index in [0.29, 0.717) is 34.2 Å². The maximum Gasteiger partial charge on any atom is 0.322 e. The minimum Gasteiger partial charge on any atom is -0.467 e. The number of carbonyl (C=O) groups is 3. The molecule has 0 bridgehead atoms. The number of nitrogens with zero attached hydrogens (tertiary/aromatic N) is 2. The summed E-state index contributed by atoms with van der Waals surface area (Å²) in [5.74, 6) is 0.0247. The predicted octanol–water partition coefficient (Wildman–Crippen LogP) is 2.82. The normalized spacial score (nSPS) is 19.4. The number of halogens is 1. The molecule has 0 unspecified atom stereocenters. The van der Waals surface area contributed by atoms with E-state index >= 15 is 0 Å². The SMILES string of the molecule is CCN1C(=O)N[C@@H](c2ccccc2Cl)C2=C1CN([C@@H](C)C(=O)NCc1ccco1)C2=O. The molecule has 2 atom stereocenters. The standard InChI is InChI=1S/C22H23ClN4O4/c1-3-26-17-12-27(13(2)20(28)24-11-14-7-6-10-31-14)21(29)18(17)19(25-22(26)30)15-8-4-5-9-16(15)23/h4-10,13,19H,3,11-12H2,1-2H3,(H,24,28)(H,25,30)/t13-,19-/m0/s1. The first-order valence-electron chi connectivity index (χ1n) is 10.1. The Kier molecular flexibility index (Phi) is 5.73. The Bertz CT molecular complexity index is 1050. The third-order valence-electron chi connectivity index (χ3n) is 5.65. The molecule has 1 aromatic heterocycles. The zero-order valence-electron chi connectivity index (χ0n) is 17.2.